The maximum absolute atomic E-state index is 5.72. The molecule has 0 amide bonds. The third-order valence-corrected chi connectivity index (χ3v) is 6.33. The molecule has 0 fully saturated rings. The van der Waals surface area contributed by atoms with Crippen LogP contribution in [0.15, 0.2) is 24.3 Å². The van der Waals surface area contributed by atoms with E-state index >= 15 is 0 Å². The van der Waals surface area contributed by atoms with Gasteiger partial charge < -0.3 is 47.4 Å². The molecule has 2 aliphatic rings. The Bertz CT molecular complexity index is 885. The number of benzene rings is 2. The Morgan fingerprint density at radius 1 is 0.857 bits per heavy atom. The van der Waals surface area contributed by atoms with E-state index < -0.39 is 0 Å². The summed E-state index contributed by atoms with van der Waals surface area (Å²) in [6.45, 7) is 2.03. The van der Waals surface area contributed by atoms with Crippen LogP contribution in [0.4, 0.5) is 0 Å². The number of halogens is 1. The molecule has 2 atom stereocenters. The molecule has 152 valence electrons. The largest absolute Gasteiger partial charge is 1.00 e. The van der Waals surface area contributed by atoms with Crippen molar-refractivity contribution in [1.29, 1.82) is 0 Å². The molecule has 28 heavy (non-hydrogen) atoms. The molecule has 0 radical (unpaired) electrons. The Morgan fingerprint density at radius 2 is 1.54 bits per heavy atom. The van der Waals surface area contributed by atoms with E-state index in [0.29, 0.717) is 6.04 Å². The summed E-state index contributed by atoms with van der Waals surface area (Å²) in [4.78, 5) is 0. The number of nitrogens with zero attached hydrogens (tertiary/aromatic N) is 1. The molecule has 0 saturated heterocycles. The van der Waals surface area contributed by atoms with Gasteiger partial charge in [0.1, 0.15) is 12.6 Å². The summed E-state index contributed by atoms with van der Waals surface area (Å²) in [5.41, 5.74) is 5.37. The molecule has 5 nitrogen and oxygen atoms in total. The van der Waals surface area contributed by atoms with Crippen molar-refractivity contribution >= 4 is 0 Å². The molecule has 2 heterocycles. The number of likely N-dealkylation sites (N-methyl/N-ethyl adjacent to an activating group) is 1. The number of hydrogen-bond acceptors (Lipinski definition) is 4. The molecule has 4 rings (SSSR count). The number of fused-ring (bicyclic) bond motifs is 4. The number of ether oxygens (including phenoxy) is 4. The van der Waals surface area contributed by atoms with Gasteiger partial charge in [-0.25, -0.2) is 0 Å². The second-order valence-corrected chi connectivity index (χ2v) is 7.68. The molecule has 1 unspecified atom stereocenters. The molecule has 2 aliphatic heterocycles. The molecular formula is C22H28INO4. The highest BCUT2D eigenvalue weighted by Crippen LogP contribution is 2.48. The van der Waals surface area contributed by atoms with E-state index in [9.17, 15) is 0 Å². The van der Waals surface area contributed by atoms with Crippen molar-refractivity contribution in [1.82, 2.24) is 0 Å². The van der Waals surface area contributed by atoms with E-state index in [1.54, 1.807) is 28.4 Å². The molecule has 0 N–H and O–H groups in total. The van der Waals surface area contributed by atoms with E-state index in [0.717, 1.165) is 53.4 Å². The Kier molecular flexibility index (Phi) is 6.00. The number of hydrogen-bond donors (Lipinski definition) is 0. The van der Waals surface area contributed by atoms with E-state index in [1.807, 2.05) is 6.07 Å². The van der Waals surface area contributed by atoms with Gasteiger partial charge in [-0.05, 0) is 29.3 Å². The van der Waals surface area contributed by atoms with Gasteiger partial charge in [0.15, 0.2) is 23.0 Å². The number of quaternary nitrogens is 1. The van der Waals surface area contributed by atoms with Crippen LogP contribution in [0.2, 0.25) is 0 Å². The van der Waals surface area contributed by atoms with Gasteiger partial charge in [0.25, 0.3) is 0 Å². The van der Waals surface area contributed by atoms with E-state index in [1.165, 1.54) is 22.3 Å². The first-order chi connectivity index (χ1) is 13.0. The molecular weight excluding hydrogens is 469 g/mol. The van der Waals surface area contributed by atoms with Crippen molar-refractivity contribution in [2.24, 2.45) is 0 Å². The lowest BCUT2D eigenvalue weighted by Crippen LogP contribution is -3.00. The predicted octanol–water partition coefficient (Wildman–Crippen LogP) is 0.525. The molecule has 0 aliphatic carbocycles. The zero-order valence-electron chi connectivity index (χ0n) is 17.2. The second-order valence-electron chi connectivity index (χ2n) is 7.68. The standard InChI is InChI=1S/C22H28NO4.HI/c1-23-9-8-15-11-20(25-3)21(26-4)12-16(15)18(23)10-14-6-7-19(24-2)22(27-5)17(14)13-23;/h6-7,11-12,18H,8-10,13H2,1-5H3;1H/q+1;/p-1/t18-,23?;/m0./s1. The van der Waals surface area contributed by atoms with E-state index in [4.69, 9.17) is 18.9 Å². The van der Waals surface area contributed by atoms with Gasteiger partial charge >= 0.3 is 0 Å². The first kappa shape index (κ1) is 21.0. The summed E-state index contributed by atoms with van der Waals surface area (Å²) < 4.78 is 23.3. The predicted molar refractivity (Wildman–Crippen MR) is 104 cm³/mol. The lowest BCUT2D eigenvalue weighted by Gasteiger charge is -2.49. The minimum absolute atomic E-state index is 0. The quantitative estimate of drug-likeness (QED) is 0.457. The minimum Gasteiger partial charge on any atom is -1.00 e. The Hall–Kier alpha value is -1.67. The van der Waals surface area contributed by atoms with Crippen LogP contribution in [0, 0.1) is 0 Å². The van der Waals surface area contributed by atoms with Crippen molar-refractivity contribution in [2.75, 3.05) is 42.0 Å². The van der Waals surface area contributed by atoms with Gasteiger partial charge in [-0.15, -0.1) is 0 Å². The molecule has 2 aromatic carbocycles. The normalized spacial score (nSPS) is 22.1. The van der Waals surface area contributed by atoms with E-state index in [-0.39, 0.29) is 24.0 Å². The summed E-state index contributed by atoms with van der Waals surface area (Å²) in [6.07, 6.45) is 2.01. The van der Waals surface area contributed by atoms with Crippen molar-refractivity contribution in [3.8, 4) is 23.0 Å². The lowest BCUT2D eigenvalue weighted by molar-refractivity contribution is -0.956. The fourth-order valence-electron chi connectivity index (χ4n) is 4.82. The second kappa shape index (κ2) is 7.99. The average molecular weight is 497 g/mol. The summed E-state index contributed by atoms with van der Waals surface area (Å²) in [6, 6.07) is 8.95. The van der Waals surface area contributed by atoms with Crippen LogP contribution >= 0.6 is 0 Å². The Morgan fingerprint density at radius 3 is 2.18 bits per heavy atom. The molecule has 0 spiro atoms. The molecule has 0 bridgehead atoms. The molecule has 6 heteroatoms. The zero-order valence-corrected chi connectivity index (χ0v) is 19.3. The summed E-state index contributed by atoms with van der Waals surface area (Å²) in [5.74, 6) is 3.31. The smallest absolute Gasteiger partial charge is 0.169 e. The summed E-state index contributed by atoms with van der Waals surface area (Å²) in [5, 5.41) is 0. The average Bonchev–Trinajstić information content (AvgIpc) is 2.70. The monoisotopic (exact) mass is 497 g/mol. The van der Waals surface area contributed by atoms with Gasteiger partial charge in [-0.2, -0.15) is 0 Å². The molecule has 0 aromatic heterocycles. The van der Waals surface area contributed by atoms with Gasteiger partial charge in [0, 0.05) is 18.4 Å². The summed E-state index contributed by atoms with van der Waals surface area (Å²) in [7, 11) is 9.18. The van der Waals surface area contributed by atoms with Crippen molar-refractivity contribution in [2.45, 2.75) is 25.4 Å². The summed E-state index contributed by atoms with van der Waals surface area (Å²) >= 11 is 0. The lowest BCUT2D eigenvalue weighted by atomic mass is 9.81. The topological polar surface area (TPSA) is 36.9 Å². The maximum atomic E-state index is 5.72. The van der Waals surface area contributed by atoms with Crippen molar-refractivity contribution in [3.63, 3.8) is 0 Å². The van der Waals surface area contributed by atoms with E-state index in [2.05, 4.69) is 25.2 Å². The van der Waals surface area contributed by atoms with Crippen LogP contribution in [0.1, 0.15) is 28.3 Å². The van der Waals surface area contributed by atoms with Gasteiger partial charge in [0.05, 0.1) is 47.6 Å². The van der Waals surface area contributed by atoms with Crippen LogP contribution in [0.25, 0.3) is 0 Å². The van der Waals surface area contributed by atoms with Gasteiger partial charge in [-0.1, -0.05) is 6.07 Å². The van der Waals surface area contributed by atoms with Crippen LogP contribution in [0.3, 0.4) is 0 Å². The number of methoxy groups -OCH3 is 4. The fourth-order valence-corrected chi connectivity index (χ4v) is 4.82. The third kappa shape index (κ3) is 3.20. The van der Waals surface area contributed by atoms with Gasteiger partial charge in [0.2, 0.25) is 0 Å². The highest BCUT2D eigenvalue weighted by Gasteiger charge is 2.44. The van der Waals surface area contributed by atoms with Crippen LogP contribution < -0.4 is 42.9 Å². The first-order valence-corrected chi connectivity index (χ1v) is 9.36. The van der Waals surface area contributed by atoms with Crippen LogP contribution in [0.5, 0.6) is 23.0 Å². The van der Waals surface area contributed by atoms with Crippen LogP contribution in [-0.2, 0) is 19.4 Å². The SMILES string of the molecule is COc1cc2c(cc1OC)[C@@H]1Cc3ccc(OC)c(OC)c3C[N+]1(C)CC2.[I-]. The molecule has 0 saturated carbocycles. The maximum Gasteiger partial charge on any atom is 0.169 e. The highest BCUT2D eigenvalue weighted by molar-refractivity contribution is 5.53. The zero-order chi connectivity index (χ0) is 19.2. The first-order valence-electron chi connectivity index (χ1n) is 9.36. The fraction of sp³-hybridized carbons (Fsp3) is 0.455. The number of rotatable bonds is 4. The van der Waals surface area contributed by atoms with Crippen molar-refractivity contribution in [3.05, 3.63) is 46.5 Å². The van der Waals surface area contributed by atoms with Gasteiger partial charge in [-0.3, -0.25) is 0 Å². The van der Waals surface area contributed by atoms with Crippen molar-refractivity contribution < 1.29 is 47.4 Å². The minimum atomic E-state index is 0. The van der Waals surface area contributed by atoms with Crippen LogP contribution in [-0.4, -0.2) is 46.5 Å². The molecule has 2 aromatic rings. The Balaban J connectivity index is 0.00000225. The third-order valence-electron chi connectivity index (χ3n) is 6.33. The Labute approximate surface area is 184 Å². The highest BCUT2D eigenvalue weighted by atomic mass is 127.